The Bertz CT molecular complexity index is 1630. The van der Waals surface area contributed by atoms with Crippen LogP contribution in [0.1, 0.15) is 17.8 Å². The van der Waals surface area contributed by atoms with Crippen LogP contribution in [0.25, 0.3) is 11.4 Å². The number of aromatic nitrogens is 4. The van der Waals surface area contributed by atoms with Gasteiger partial charge in [-0.05, 0) is 12.5 Å². The van der Waals surface area contributed by atoms with Gasteiger partial charge < -0.3 is 111 Å². The predicted molar refractivity (Wildman–Crippen MR) is 301 cm³/mol. The van der Waals surface area contributed by atoms with Crippen molar-refractivity contribution in [2.45, 2.75) is 19.9 Å². The molecular formula is C55H100N6O22. The van der Waals surface area contributed by atoms with Crippen LogP contribution in [0, 0.1) is 6.92 Å². The zero-order valence-corrected chi connectivity index (χ0v) is 49.5. The van der Waals surface area contributed by atoms with E-state index in [1.54, 1.807) is 6.92 Å². The average molecular weight is 1200 g/mol. The minimum absolute atomic E-state index is 0.0924. The van der Waals surface area contributed by atoms with Gasteiger partial charge in [0, 0.05) is 25.1 Å². The standard InChI is InChI=1S/C55H100N6O22/c1-51-58-60-55(61-59-51)53-4-2-52(3-5-53)50-57-54(62)6-8-63-10-12-65-14-16-67-18-20-69-22-24-71-26-28-73-30-32-75-34-36-77-38-40-79-42-44-81-46-48-83-49-47-82-45-43-80-41-39-78-37-35-76-33-31-74-29-27-72-25-23-70-21-19-68-17-15-66-13-11-64-9-7-56/h2-5H,6-50,56H2,1H3,(H,57,62). The van der Waals surface area contributed by atoms with E-state index in [4.69, 9.17) is 105 Å². The molecule has 2 rings (SSSR count). The Morgan fingerprint density at radius 3 is 0.735 bits per heavy atom. The van der Waals surface area contributed by atoms with Gasteiger partial charge in [0.1, 0.15) is 0 Å². The van der Waals surface area contributed by atoms with Crippen molar-refractivity contribution >= 4 is 5.91 Å². The lowest BCUT2D eigenvalue weighted by Crippen LogP contribution is -2.24. The van der Waals surface area contributed by atoms with E-state index in [0.29, 0.717) is 302 Å². The van der Waals surface area contributed by atoms with Crippen molar-refractivity contribution in [3.8, 4) is 11.4 Å². The number of nitrogens with zero attached hydrogens (tertiary/aromatic N) is 4. The van der Waals surface area contributed by atoms with E-state index in [1.807, 2.05) is 24.3 Å². The Morgan fingerprint density at radius 1 is 0.313 bits per heavy atom. The highest BCUT2D eigenvalue weighted by molar-refractivity contribution is 5.76. The number of hydrogen-bond donors (Lipinski definition) is 2. The summed E-state index contributed by atoms with van der Waals surface area (Å²) in [7, 11) is 0. The third-order valence-electron chi connectivity index (χ3n) is 10.5. The number of ether oxygens (including phenoxy) is 21. The zero-order chi connectivity index (χ0) is 58.9. The van der Waals surface area contributed by atoms with Gasteiger partial charge >= 0.3 is 0 Å². The molecular weight excluding hydrogens is 1100 g/mol. The fraction of sp³-hybridized carbons (Fsp3) is 0.836. The van der Waals surface area contributed by atoms with Crippen molar-refractivity contribution in [3.63, 3.8) is 0 Å². The maximum absolute atomic E-state index is 12.2. The number of rotatable bonds is 68. The average Bonchev–Trinajstić information content (AvgIpc) is 3.56. The summed E-state index contributed by atoms with van der Waals surface area (Å²) in [6, 6.07) is 7.55. The largest absolute Gasteiger partial charge is 0.379 e. The zero-order valence-electron chi connectivity index (χ0n) is 49.5. The van der Waals surface area contributed by atoms with Crippen LogP contribution in [0.2, 0.25) is 0 Å². The van der Waals surface area contributed by atoms with Crippen molar-refractivity contribution < 1.29 is 104 Å². The van der Waals surface area contributed by atoms with Gasteiger partial charge in [0.05, 0.1) is 277 Å². The van der Waals surface area contributed by atoms with Crippen molar-refractivity contribution in [1.29, 1.82) is 0 Å². The number of hydrogen-bond acceptors (Lipinski definition) is 27. The molecule has 0 aliphatic heterocycles. The number of nitrogens with two attached hydrogens (primary N) is 1. The minimum atomic E-state index is -0.0924. The number of nitrogens with one attached hydrogen (secondary N) is 1. The summed E-state index contributed by atoms with van der Waals surface area (Å²) >= 11 is 0. The minimum Gasteiger partial charge on any atom is -0.379 e. The fourth-order valence-electron chi connectivity index (χ4n) is 6.20. The molecule has 0 atom stereocenters. The molecule has 482 valence electrons. The Morgan fingerprint density at radius 2 is 0.518 bits per heavy atom. The first-order valence-corrected chi connectivity index (χ1v) is 28.9. The van der Waals surface area contributed by atoms with Crippen LogP contribution in [-0.2, 0) is 111 Å². The van der Waals surface area contributed by atoms with E-state index in [1.165, 1.54) is 0 Å². The van der Waals surface area contributed by atoms with Crippen LogP contribution in [0.4, 0.5) is 0 Å². The summed E-state index contributed by atoms with van der Waals surface area (Å²) in [5.41, 5.74) is 7.11. The predicted octanol–water partition coefficient (Wildman–Crippen LogP) is 0.556. The summed E-state index contributed by atoms with van der Waals surface area (Å²) in [5.74, 6) is 0.873. The lowest BCUT2D eigenvalue weighted by molar-refractivity contribution is -0.122. The molecule has 0 saturated heterocycles. The number of amides is 1. The summed E-state index contributed by atoms with van der Waals surface area (Å²) in [6.45, 7) is 22.8. The number of carbonyl (C=O) groups is 1. The van der Waals surface area contributed by atoms with Gasteiger partial charge in [0.25, 0.3) is 0 Å². The Balaban J connectivity index is 1.11. The van der Waals surface area contributed by atoms with Crippen molar-refractivity contribution in [3.05, 3.63) is 35.7 Å². The van der Waals surface area contributed by atoms with Crippen LogP contribution < -0.4 is 11.1 Å². The van der Waals surface area contributed by atoms with E-state index in [0.717, 1.165) is 11.1 Å². The second-order valence-electron chi connectivity index (χ2n) is 17.1. The highest BCUT2D eigenvalue weighted by Gasteiger charge is 2.06. The Hall–Kier alpha value is -3.25. The molecule has 83 heavy (non-hydrogen) atoms. The van der Waals surface area contributed by atoms with Crippen LogP contribution >= 0.6 is 0 Å². The van der Waals surface area contributed by atoms with E-state index in [9.17, 15) is 4.79 Å². The third-order valence-corrected chi connectivity index (χ3v) is 10.5. The molecule has 28 heteroatoms. The summed E-state index contributed by atoms with van der Waals surface area (Å²) in [5, 5.41) is 18.8. The molecule has 0 radical (unpaired) electrons. The molecule has 1 heterocycles. The van der Waals surface area contributed by atoms with E-state index in [-0.39, 0.29) is 12.3 Å². The number of carbonyl (C=O) groups excluding carboxylic acids is 1. The van der Waals surface area contributed by atoms with E-state index < -0.39 is 0 Å². The second-order valence-corrected chi connectivity index (χ2v) is 17.1. The van der Waals surface area contributed by atoms with Gasteiger partial charge in [0.2, 0.25) is 11.7 Å². The third kappa shape index (κ3) is 55.1. The Labute approximate surface area is 491 Å². The summed E-state index contributed by atoms with van der Waals surface area (Å²) in [4.78, 5) is 12.2. The molecule has 0 fully saturated rings. The van der Waals surface area contributed by atoms with E-state index in [2.05, 4.69) is 25.7 Å². The van der Waals surface area contributed by atoms with Crippen LogP contribution in [0.5, 0.6) is 0 Å². The van der Waals surface area contributed by atoms with Gasteiger partial charge in [-0.2, -0.15) is 0 Å². The molecule has 3 N–H and O–H groups in total. The topological polar surface area (TPSA) is 301 Å². The Kier molecular flexibility index (Phi) is 57.8. The molecule has 0 spiro atoms. The van der Waals surface area contributed by atoms with Crippen molar-refractivity contribution in [2.24, 2.45) is 5.73 Å². The first kappa shape index (κ1) is 75.8. The highest BCUT2D eigenvalue weighted by atomic mass is 16.6. The maximum Gasteiger partial charge on any atom is 0.222 e. The lowest BCUT2D eigenvalue weighted by atomic mass is 10.1. The molecule has 0 aliphatic rings. The first-order valence-electron chi connectivity index (χ1n) is 28.9. The molecule has 0 unspecified atom stereocenters. The van der Waals surface area contributed by atoms with Crippen molar-refractivity contribution in [1.82, 2.24) is 25.7 Å². The number of benzene rings is 1. The quantitative estimate of drug-likeness (QED) is 0.0855. The fourth-order valence-corrected chi connectivity index (χ4v) is 6.20. The molecule has 0 aliphatic carbocycles. The normalized spacial score (nSPS) is 11.6. The second kappa shape index (κ2) is 63.3. The van der Waals surface area contributed by atoms with Gasteiger partial charge in [-0.1, -0.05) is 24.3 Å². The van der Waals surface area contributed by atoms with Gasteiger partial charge in [0.15, 0.2) is 5.82 Å². The maximum atomic E-state index is 12.2. The summed E-state index contributed by atoms with van der Waals surface area (Å²) < 4.78 is 115. The number of aryl methyl sites for hydroxylation is 1. The molecule has 0 saturated carbocycles. The smallest absolute Gasteiger partial charge is 0.222 e. The molecule has 1 amide bonds. The molecule has 2 aromatic rings. The lowest BCUT2D eigenvalue weighted by Gasteiger charge is -2.09. The van der Waals surface area contributed by atoms with Crippen molar-refractivity contribution in [2.75, 3.05) is 284 Å². The van der Waals surface area contributed by atoms with Crippen LogP contribution in [0.3, 0.4) is 0 Å². The monoisotopic (exact) mass is 1200 g/mol. The molecule has 1 aromatic carbocycles. The molecule has 28 nitrogen and oxygen atoms in total. The first-order chi connectivity index (χ1) is 41.2. The summed E-state index contributed by atoms with van der Waals surface area (Å²) in [6.07, 6.45) is 0.262. The van der Waals surface area contributed by atoms with Gasteiger partial charge in [-0.15, -0.1) is 20.4 Å². The highest BCUT2D eigenvalue weighted by Crippen LogP contribution is 2.14. The van der Waals surface area contributed by atoms with Crippen LogP contribution in [-0.4, -0.2) is 310 Å². The molecule has 0 bridgehead atoms. The SMILES string of the molecule is Cc1nnc(-c2ccc(CNC(=O)CCOCCOCCOCCOCCOCCOCCOCCOCCOCCOCCOCCOCCOCCOCCOCCOCCOCCOCCOCCOCCOCCN)cc2)nn1. The molecule has 1 aromatic heterocycles. The van der Waals surface area contributed by atoms with Crippen LogP contribution in [0.15, 0.2) is 24.3 Å². The van der Waals surface area contributed by atoms with Gasteiger partial charge in [-0.25, -0.2) is 0 Å². The van der Waals surface area contributed by atoms with E-state index >= 15 is 0 Å². The van der Waals surface area contributed by atoms with Gasteiger partial charge in [-0.3, -0.25) is 4.79 Å².